The number of rotatable bonds is 11. The highest BCUT2D eigenvalue weighted by molar-refractivity contribution is 7.88. The molecule has 0 saturated heterocycles. The first kappa shape index (κ1) is 24.2. The molecule has 7 nitrogen and oxygen atoms in total. The predicted octanol–water partition coefficient (Wildman–Crippen LogP) is 3.22. The molecular formula is C25H27N3O4S. The number of hydrazone groups is 1. The molecule has 0 saturated carbocycles. The summed E-state index contributed by atoms with van der Waals surface area (Å²) in [6.07, 6.45) is 3.08. The lowest BCUT2D eigenvalue weighted by molar-refractivity contribution is -0.121. The molecule has 3 aromatic rings. The van der Waals surface area contributed by atoms with Gasteiger partial charge in [0.05, 0.1) is 19.0 Å². The van der Waals surface area contributed by atoms with Crippen LogP contribution in [0.3, 0.4) is 0 Å². The molecule has 0 spiro atoms. The lowest BCUT2D eigenvalue weighted by Gasteiger charge is -2.18. The normalized spacial score (nSPS) is 11.6. The number of carbonyl (C=O) groups is 1. The van der Waals surface area contributed by atoms with Crippen LogP contribution in [-0.4, -0.2) is 44.2 Å². The van der Waals surface area contributed by atoms with Crippen molar-refractivity contribution in [1.82, 2.24) is 9.73 Å². The number of benzene rings is 3. The van der Waals surface area contributed by atoms with Crippen molar-refractivity contribution in [3.8, 4) is 5.75 Å². The molecular weight excluding hydrogens is 438 g/mol. The average Bonchev–Trinajstić information content (AvgIpc) is 2.82. The van der Waals surface area contributed by atoms with Gasteiger partial charge in [0.1, 0.15) is 12.4 Å². The van der Waals surface area contributed by atoms with Crippen LogP contribution in [0.2, 0.25) is 0 Å². The highest BCUT2D eigenvalue weighted by Gasteiger charge is 2.19. The van der Waals surface area contributed by atoms with Crippen LogP contribution in [-0.2, 0) is 27.8 Å². The molecule has 3 rings (SSSR count). The topological polar surface area (TPSA) is 88.1 Å². The van der Waals surface area contributed by atoms with Gasteiger partial charge >= 0.3 is 0 Å². The Hall–Kier alpha value is -3.49. The van der Waals surface area contributed by atoms with Gasteiger partial charge in [-0.15, -0.1) is 0 Å². The lowest BCUT2D eigenvalue weighted by Crippen LogP contribution is -2.40. The van der Waals surface area contributed by atoms with Gasteiger partial charge in [0.25, 0.3) is 5.91 Å². The molecule has 1 amide bonds. The van der Waals surface area contributed by atoms with E-state index in [0.717, 1.165) is 21.7 Å². The Morgan fingerprint density at radius 1 is 0.939 bits per heavy atom. The predicted molar refractivity (Wildman–Crippen MR) is 130 cm³/mol. The number of nitrogens with one attached hydrogen (secondary N) is 1. The summed E-state index contributed by atoms with van der Waals surface area (Å²) < 4.78 is 31.2. The monoisotopic (exact) mass is 465 g/mol. The van der Waals surface area contributed by atoms with E-state index in [1.54, 1.807) is 0 Å². The van der Waals surface area contributed by atoms with Crippen LogP contribution in [0.25, 0.3) is 0 Å². The second-order valence-electron chi connectivity index (χ2n) is 7.44. The molecule has 0 fully saturated rings. The lowest BCUT2D eigenvalue weighted by atomic mass is 10.1. The third kappa shape index (κ3) is 8.17. The number of sulfonamides is 1. The number of carbonyl (C=O) groups excluding carboxylic acids is 1. The minimum absolute atomic E-state index is 0.205. The van der Waals surface area contributed by atoms with Crippen molar-refractivity contribution in [3.63, 3.8) is 0 Å². The number of hydrogen-bond donors (Lipinski definition) is 1. The second-order valence-corrected chi connectivity index (χ2v) is 9.42. The van der Waals surface area contributed by atoms with Crippen molar-refractivity contribution < 1.29 is 17.9 Å². The van der Waals surface area contributed by atoms with Crippen LogP contribution in [0.15, 0.2) is 90.0 Å². The van der Waals surface area contributed by atoms with E-state index in [1.807, 2.05) is 84.9 Å². The summed E-state index contributed by atoms with van der Waals surface area (Å²) >= 11 is 0. The van der Waals surface area contributed by atoms with E-state index in [4.69, 9.17) is 4.74 Å². The molecule has 0 heterocycles. The zero-order chi connectivity index (χ0) is 23.5. The molecule has 0 aromatic heterocycles. The van der Waals surface area contributed by atoms with E-state index in [0.29, 0.717) is 24.3 Å². The van der Waals surface area contributed by atoms with Crippen LogP contribution < -0.4 is 10.2 Å². The van der Waals surface area contributed by atoms with E-state index in [-0.39, 0.29) is 13.1 Å². The highest BCUT2D eigenvalue weighted by Crippen LogP contribution is 2.17. The van der Waals surface area contributed by atoms with Gasteiger partial charge in [0.15, 0.2) is 0 Å². The molecule has 0 atom stereocenters. The van der Waals surface area contributed by atoms with Crippen LogP contribution in [0, 0.1) is 0 Å². The van der Waals surface area contributed by atoms with Crippen molar-refractivity contribution in [2.24, 2.45) is 5.10 Å². The number of para-hydroxylation sites is 1. The maximum Gasteiger partial charge on any atom is 0.255 e. The maximum absolute atomic E-state index is 12.3. The number of ether oxygens (including phenoxy) is 1. The third-order valence-electron chi connectivity index (χ3n) is 4.83. The average molecular weight is 466 g/mol. The number of amides is 1. The van der Waals surface area contributed by atoms with Crippen molar-refractivity contribution in [3.05, 3.63) is 102 Å². The van der Waals surface area contributed by atoms with Gasteiger partial charge in [0, 0.05) is 12.1 Å². The molecule has 8 heteroatoms. The zero-order valence-electron chi connectivity index (χ0n) is 18.4. The molecule has 0 aliphatic rings. The van der Waals surface area contributed by atoms with Gasteiger partial charge in [-0.05, 0) is 29.7 Å². The van der Waals surface area contributed by atoms with Gasteiger partial charge in [-0.3, -0.25) is 4.79 Å². The Balaban J connectivity index is 1.56. The Labute approximate surface area is 194 Å². The van der Waals surface area contributed by atoms with E-state index in [9.17, 15) is 13.2 Å². The minimum atomic E-state index is -3.55. The van der Waals surface area contributed by atoms with Crippen LogP contribution in [0.5, 0.6) is 5.75 Å². The molecule has 0 aliphatic heterocycles. The standard InChI is InChI=1S/C25H27N3O4S/c1-33(30,31)28(17-16-21-10-4-2-5-11-21)19-25(29)27-26-18-23-14-8-9-15-24(23)32-20-22-12-6-3-7-13-22/h2-15,18H,16-17,19-20H2,1H3,(H,27,29)/b26-18+. The van der Waals surface area contributed by atoms with Gasteiger partial charge in [-0.1, -0.05) is 72.8 Å². The fourth-order valence-electron chi connectivity index (χ4n) is 3.08. The Morgan fingerprint density at radius 2 is 1.55 bits per heavy atom. The second kappa shape index (κ2) is 11.9. The summed E-state index contributed by atoms with van der Waals surface area (Å²) in [6, 6.07) is 26.6. The van der Waals surface area contributed by atoms with Crippen molar-refractivity contribution >= 4 is 22.1 Å². The van der Waals surface area contributed by atoms with Gasteiger partial charge in [0.2, 0.25) is 10.0 Å². The minimum Gasteiger partial charge on any atom is -0.488 e. The van der Waals surface area contributed by atoms with Gasteiger partial charge < -0.3 is 4.74 Å². The largest absolute Gasteiger partial charge is 0.488 e. The van der Waals surface area contributed by atoms with E-state index >= 15 is 0 Å². The van der Waals surface area contributed by atoms with Crippen LogP contribution in [0.1, 0.15) is 16.7 Å². The highest BCUT2D eigenvalue weighted by atomic mass is 32.2. The quantitative estimate of drug-likeness (QED) is 0.348. The van der Waals surface area contributed by atoms with Gasteiger partial charge in [-0.2, -0.15) is 9.41 Å². The third-order valence-corrected chi connectivity index (χ3v) is 6.08. The molecule has 3 aromatic carbocycles. The Morgan fingerprint density at radius 3 is 2.21 bits per heavy atom. The Bertz CT molecular complexity index is 1170. The molecule has 172 valence electrons. The summed E-state index contributed by atoms with van der Waals surface area (Å²) in [5, 5.41) is 3.98. The zero-order valence-corrected chi connectivity index (χ0v) is 19.2. The van der Waals surface area contributed by atoms with Crippen LogP contribution >= 0.6 is 0 Å². The van der Waals surface area contributed by atoms with Crippen LogP contribution in [0.4, 0.5) is 0 Å². The first-order chi connectivity index (χ1) is 15.9. The Kier molecular flexibility index (Phi) is 8.74. The summed E-state index contributed by atoms with van der Waals surface area (Å²) in [4.78, 5) is 12.3. The van der Waals surface area contributed by atoms with Crippen molar-refractivity contribution in [2.75, 3.05) is 19.3 Å². The van der Waals surface area contributed by atoms with E-state index in [1.165, 1.54) is 6.21 Å². The summed E-state index contributed by atoms with van der Waals surface area (Å²) in [5.74, 6) is 0.104. The number of nitrogens with zero attached hydrogens (tertiary/aromatic N) is 2. The first-order valence-electron chi connectivity index (χ1n) is 10.5. The fraction of sp³-hybridized carbons (Fsp3) is 0.200. The molecule has 0 unspecified atom stereocenters. The number of hydrogen-bond acceptors (Lipinski definition) is 5. The molecule has 0 radical (unpaired) electrons. The van der Waals surface area contributed by atoms with Gasteiger partial charge in [-0.25, -0.2) is 13.8 Å². The van der Waals surface area contributed by atoms with E-state index in [2.05, 4.69) is 10.5 Å². The summed E-state index contributed by atoms with van der Waals surface area (Å²) in [6.45, 7) is 0.300. The summed E-state index contributed by atoms with van der Waals surface area (Å²) in [7, 11) is -3.55. The SMILES string of the molecule is CS(=O)(=O)N(CCc1ccccc1)CC(=O)N/N=C/c1ccccc1OCc1ccccc1. The fourth-order valence-corrected chi connectivity index (χ4v) is 3.86. The van der Waals surface area contributed by atoms with Crippen molar-refractivity contribution in [2.45, 2.75) is 13.0 Å². The maximum atomic E-state index is 12.3. The van der Waals surface area contributed by atoms with E-state index < -0.39 is 15.9 Å². The first-order valence-corrected chi connectivity index (χ1v) is 12.3. The van der Waals surface area contributed by atoms with Crippen molar-refractivity contribution in [1.29, 1.82) is 0 Å². The molecule has 0 bridgehead atoms. The molecule has 1 N–H and O–H groups in total. The summed E-state index contributed by atoms with van der Waals surface area (Å²) in [5.41, 5.74) is 5.13. The molecule has 0 aliphatic carbocycles. The smallest absolute Gasteiger partial charge is 0.255 e. The molecule has 33 heavy (non-hydrogen) atoms.